The minimum absolute atomic E-state index is 0.115. The summed E-state index contributed by atoms with van der Waals surface area (Å²) in [6.07, 6.45) is 2.60. The number of benzene rings is 2. The summed E-state index contributed by atoms with van der Waals surface area (Å²) in [5.41, 5.74) is 0.962. The molecule has 1 saturated heterocycles. The van der Waals surface area contributed by atoms with Gasteiger partial charge < -0.3 is 10.0 Å². The summed E-state index contributed by atoms with van der Waals surface area (Å²) in [6, 6.07) is 11.1. The Kier molecular flexibility index (Phi) is 5.49. The predicted molar refractivity (Wildman–Crippen MR) is 143 cm³/mol. The largest absolute Gasteiger partial charge is 0.502 e. The number of amides is 1. The van der Waals surface area contributed by atoms with Gasteiger partial charge in [-0.15, -0.1) is 11.8 Å². The minimum atomic E-state index is -0.916. The highest BCUT2D eigenvalue weighted by atomic mass is 32.2. The molecule has 6 nitrogen and oxygen atoms in total. The summed E-state index contributed by atoms with van der Waals surface area (Å²) < 4.78 is 31.0. The lowest BCUT2D eigenvalue weighted by Crippen LogP contribution is -2.64. The highest BCUT2D eigenvalue weighted by molar-refractivity contribution is 8.02. The number of hydrogen-bond donors (Lipinski definition) is 1. The number of piperidine rings is 1. The van der Waals surface area contributed by atoms with E-state index < -0.39 is 45.5 Å². The number of thioether (sulfide) groups is 1. The molecule has 0 unspecified atom stereocenters. The van der Waals surface area contributed by atoms with E-state index in [4.69, 9.17) is 0 Å². The maximum atomic E-state index is 15.6. The van der Waals surface area contributed by atoms with Crippen LogP contribution in [0.2, 0.25) is 0 Å². The zero-order valence-electron chi connectivity index (χ0n) is 20.7. The first-order chi connectivity index (χ1) is 17.6. The molecule has 11 heteroatoms. The van der Waals surface area contributed by atoms with E-state index in [0.29, 0.717) is 18.5 Å². The van der Waals surface area contributed by atoms with Crippen LogP contribution in [-0.2, 0) is 4.55 Å². The van der Waals surface area contributed by atoms with Gasteiger partial charge in [-0.05, 0) is 52.1 Å². The summed E-state index contributed by atoms with van der Waals surface area (Å²) in [6.45, 7) is 2.52. The Balaban J connectivity index is 1.70. The maximum absolute atomic E-state index is 15.6. The van der Waals surface area contributed by atoms with Crippen molar-refractivity contribution in [1.82, 2.24) is 9.58 Å². The monoisotopic (exact) mass is 519 g/mol. The van der Waals surface area contributed by atoms with Gasteiger partial charge in [0.1, 0.15) is 21.9 Å². The van der Waals surface area contributed by atoms with Gasteiger partial charge in [0, 0.05) is 23.7 Å². The Morgan fingerprint density at radius 1 is 1.05 bits per heavy atom. The number of carbonyl (C=O) groups is 1. The van der Waals surface area contributed by atoms with Crippen LogP contribution in [0.3, 0.4) is 0 Å². The summed E-state index contributed by atoms with van der Waals surface area (Å²) in [5, 5.41) is 12.7. The first-order valence-electron chi connectivity index (χ1n) is 12.4. The SMILES string of the molecule is BC1(B)Sc2ccccc2[C@@H](N2[C@@H]3CC[C@@H](C)CN3C(=O)c3c(O)c(=O)ccn32)c2ccc(F)c(F)c21. The van der Waals surface area contributed by atoms with E-state index in [1.54, 1.807) is 15.6 Å². The average molecular weight is 519 g/mol. The fraction of sp³-hybridized carbons (Fsp3) is 0.308. The standard InChI is InChI=1S/C26H25B2F2N3O3S/c1-13-6-9-19-31(12-13)25(36)23-24(35)17(34)10-11-32(23)33(19)22-14-4-2-3-5-18(14)37-26(27,28)20-15(22)7-8-16(29)21(20)30/h2-5,7-8,10-11,13,19,22,35H,6,9,12,27-28H2,1H3/t13-,19-,22-/m1/s1. The summed E-state index contributed by atoms with van der Waals surface area (Å²) in [5.74, 6) is -2.60. The van der Waals surface area contributed by atoms with Crippen LogP contribution >= 0.6 is 11.8 Å². The smallest absolute Gasteiger partial charge is 0.278 e. The topological polar surface area (TPSA) is 65.8 Å². The molecule has 0 saturated carbocycles. The number of fused-ring (bicyclic) bond motifs is 4. The van der Waals surface area contributed by atoms with Crippen LogP contribution in [0.15, 0.2) is 58.4 Å². The Morgan fingerprint density at radius 2 is 1.81 bits per heavy atom. The van der Waals surface area contributed by atoms with Crippen molar-refractivity contribution in [1.29, 1.82) is 0 Å². The van der Waals surface area contributed by atoms with Crippen molar-refractivity contribution < 1.29 is 18.7 Å². The van der Waals surface area contributed by atoms with E-state index in [-0.39, 0.29) is 17.2 Å². The Labute approximate surface area is 219 Å². The van der Waals surface area contributed by atoms with Crippen LogP contribution in [0, 0.1) is 17.6 Å². The third-order valence-corrected chi connectivity index (χ3v) is 9.03. The van der Waals surface area contributed by atoms with Gasteiger partial charge >= 0.3 is 0 Å². The lowest BCUT2D eigenvalue weighted by atomic mass is 9.63. The van der Waals surface area contributed by atoms with Gasteiger partial charge in [0.25, 0.3) is 5.91 Å². The molecule has 0 spiro atoms. The number of nitrogens with zero attached hydrogens (tertiary/aromatic N) is 3. The molecular formula is C26H25B2F2N3O3S. The normalized spacial score (nSPS) is 24.0. The maximum Gasteiger partial charge on any atom is 0.278 e. The van der Waals surface area contributed by atoms with Crippen molar-refractivity contribution in [3.05, 3.63) is 92.9 Å². The van der Waals surface area contributed by atoms with Crippen molar-refractivity contribution in [2.24, 2.45) is 5.92 Å². The van der Waals surface area contributed by atoms with Gasteiger partial charge in [-0.1, -0.05) is 31.2 Å². The predicted octanol–water partition coefficient (Wildman–Crippen LogP) is 2.25. The number of aromatic hydroxyl groups is 1. The number of rotatable bonds is 1. The van der Waals surface area contributed by atoms with Crippen molar-refractivity contribution >= 4 is 33.4 Å². The third kappa shape index (κ3) is 3.54. The molecule has 1 fully saturated rings. The first-order valence-corrected chi connectivity index (χ1v) is 13.2. The lowest BCUT2D eigenvalue weighted by molar-refractivity contribution is 0.0381. The Bertz CT molecular complexity index is 1510. The molecule has 0 aliphatic carbocycles. The van der Waals surface area contributed by atoms with Crippen LogP contribution in [0.4, 0.5) is 8.78 Å². The Morgan fingerprint density at radius 3 is 2.59 bits per heavy atom. The number of carbonyl (C=O) groups excluding carboxylic acids is 1. The van der Waals surface area contributed by atoms with Crippen molar-refractivity contribution in [3.8, 4) is 5.75 Å². The second kappa shape index (κ2) is 8.41. The molecule has 0 radical (unpaired) electrons. The van der Waals surface area contributed by atoms with Gasteiger partial charge in [0.15, 0.2) is 23.1 Å². The lowest BCUT2D eigenvalue weighted by Gasteiger charge is -2.52. The zero-order chi connectivity index (χ0) is 26.2. The number of pyridine rings is 1. The van der Waals surface area contributed by atoms with Crippen LogP contribution < -0.4 is 10.4 Å². The van der Waals surface area contributed by atoms with E-state index in [0.717, 1.165) is 22.9 Å². The number of hydrogen-bond acceptors (Lipinski definition) is 5. The molecule has 3 aliphatic rings. The number of halogens is 2. The van der Waals surface area contributed by atoms with Gasteiger partial charge in [-0.2, -0.15) is 0 Å². The van der Waals surface area contributed by atoms with E-state index in [1.165, 1.54) is 24.0 Å². The van der Waals surface area contributed by atoms with Crippen LogP contribution in [-0.4, -0.2) is 49.0 Å². The van der Waals surface area contributed by atoms with E-state index in [2.05, 4.69) is 6.92 Å². The number of aromatic nitrogens is 1. The molecule has 37 heavy (non-hydrogen) atoms. The van der Waals surface area contributed by atoms with E-state index >= 15 is 4.39 Å². The highest BCUT2D eigenvalue weighted by Gasteiger charge is 2.48. The quantitative estimate of drug-likeness (QED) is 0.500. The van der Waals surface area contributed by atoms with Crippen LogP contribution in [0.25, 0.3) is 0 Å². The molecule has 6 rings (SSSR count). The van der Waals surface area contributed by atoms with Crippen LogP contribution in [0.5, 0.6) is 5.75 Å². The fourth-order valence-corrected chi connectivity index (χ4v) is 7.40. The zero-order valence-corrected chi connectivity index (χ0v) is 21.6. The minimum Gasteiger partial charge on any atom is -0.502 e. The van der Waals surface area contributed by atoms with Crippen molar-refractivity contribution in [3.63, 3.8) is 0 Å². The molecule has 3 aliphatic heterocycles. The van der Waals surface area contributed by atoms with Gasteiger partial charge in [0.05, 0.1) is 6.04 Å². The second-order valence-electron chi connectivity index (χ2n) is 10.6. The van der Waals surface area contributed by atoms with E-state index in [1.807, 2.05) is 45.0 Å². The molecule has 3 aromatic rings. The van der Waals surface area contributed by atoms with Crippen molar-refractivity contribution in [2.75, 3.05) is 11.6 Å². The average Bonchev–Trinajstić information content (AvgIpc) is 2.95. The fourth-order valence-electron chi connectivity index (χ4n) is 6.10. The molecule has 188 valence electrons. The molecule has 0 bridgehead atoms. The molecule has 1 N–H and O–H groups in total. The third-order valence-electron chi connectivity index (χ3n) is 7.72. The van der Waals surface area contributed by atoms with Gasteiger partial charge in [-0.25, -0.2) is 8.78 Å². The molecule has 2 aromatic carbocycles. The molecule has 1 amide bonds. The van der Waals surface area contributed by atoms with Gasteiger partial charge in [0.2, 0.25) is 5.43 Å². The van der Waals surface area contributed by atoms with Crippen molar-refractivity contribution in [2.45, 2.75) is 41.4 Å². The van der Waals surface area contributed by atoms with Crippen LogP contribution in [0.1, 0.15) is 53.0 Å². The molecular weight excluding hydrogens is 494 g/mol. The summed E-state index contributed by atoms with van der Waals surface area (Å²) >= 11 is 1.46. The molecule has 1 aromatic heterocycles. The van der Waals surface area contributed by atoms with Gasteiger partial charge in [-0.3, -0.25) is 19.3 Å². The first kappa shape index (κ1) is 24.2. The molecule has 4 heterocycles. The molecule has 3 atom stereocenters. The summed E-state index contributed by atoms with van der Waals surface area (Å²) in [4.78, 5) is 28.7. The summed E-state index contributed by atoms with van der Waals surface area (Å²) in [7, 11) is 3.76. The Hall–Kier alpha value is -3.20. The highest BCUT2D eigenvalue weighted by Crippen LogP contribution is 2.51. The second-order valence-corrected chi connectivity index (χ2v) is 12.3. The van der Waals surface area contributed by atoms with E-state index in [9.17, 15) is 19.1 Å².